The molecule has 0 bridgehead atoms. The fourth-order valence-electron chi connectivity index (χ4n) is 12.2. The minimum Gasteiger partial charge on any atom is -0.481 e. The molecule has 4 aliphatic rings. The smallest absolute Gasteiger partial charge is 0.407 e. The van der Waals surface area contributed by atoms with Gasteiger partial charge in [0, 0.05) is 12.6 Å². The van der Waals surface area contributed by atoms with Crippen LogP contribution in [0.25, 0.3) is 0 Å². The van der Waals surface area contributed by atoms with Gasteiger partial charge < -0.3 is 36.8 Å². The molecule has 4 aliphatic carbocycles. The Bertz CT molecular complexity index is 1060. The van der Waals surface area contributed by atoms with Gasteiger partial charge in [-0.25, -0.2) is 4.79 Å². The van der Waals surface area contributed by atoms with Crippen molar-refractivity contribution in [2.45, 2.75) is 155 Å². The summed E-state index contributed by atoms with van der Waals surface area (Å²) < 4.78 is 0. The van der Waals surface area contributed by atoms with Gasteiger partial charge in [0.15, 0.2) is 0 Å². The summed E-state index contributed by atoms with van der Waals surface area (Å²) in [5.74, 6) is 3.28. The lowest BCUT2D eigenvalue weighted by Gasteiger charge is -2.68. The lowest BCUT2D eigenvalue weighted by atomic mass is 9.41. The van der Waals surface area contributed by atoms with Crippen molar-refractivity contribution < 1.29 is 19.8 Å². The summed E-state index contributed by atoms with van der Waals surface area (Å²) in [7, 11) is 0. The Morgan fingerprint density at radius 2 is 1.50 bits per heavy atom. The number of rotatable bonds is 22. The zero-order valence-electron chi connectivity index (χ0n) is 32.7. The highest BCUT2D eigenvalue weighted by molar-refractivity contribution is 5.70. The van der Waals surface area contributed by atoms with E-state index in [9.17, 15) is 19.8 Å². The predicted molar refractivity (Wildman–Crippen MR) is 204 cm³/mol. The van der Waals surface area contributed by atoms with Crippen molar-refractivity contribution in [2.24, 2.45) is 52.1 Å². The van der Waals surface area contributed by atoms with Crippen molar-refractivity contribution in [1.29, 1.82) is 0 Å². The zero-order chi connectivity index (χ0) is 36.4. The quantitative estimate of drug-likeness (QED) is 0.0644. The Morgan fingerprint density at radius 3 is 2.16 bits per heavy atom. The van der Waals surface area contributed by atoms with Crippen LogP contribution in [0.4, 0.5) is 4.79 Å². The molecule has 4 fully saturated rings. The fraction of sp³-hybridized carbons (Fsp3) is 0.951. The van der Waals surface area contributed by atoms with Crippen LogP contribution in [0, 0.1) is 46.3 Å². The molecule has 9 heteroatoms. The molecule has 7 N–H and O–H groups in total. The van der Waals surface area contributed by atoms with Crippen molar-refractivity contribution in [3.05, 3.63) is 0 Å². The van der Waals surface area contributed by atoms with E-state index in [-0.39, 0.29) is 24.4 Å². The number of nitrogens with two attached hydrogens (primary N) is 1. The average Bonchev–Trinajstić information content (AvgIpc) is 3.42. The molecule has 0 saturated heterocycles. The lowest BCUT2D eigenvalue weighted by Crippen LogP contribution is -2.71. The number of hydrogen-bond acceptors (Lipinski definition) is 6. The van der Waals surface area contributed by atoms with E-state index >= 15 is 0 Å². The first-order valence-electron chi connectivity index (χ1n) is 21.0. The number of carbonyl (C=O) groups is 2. The van der Waals surface area contributed by atoms with Crippen LogP contribution in [0.2, 0.25) is 0 Å². The highest BCUT2D eigenvalue weighted by Gasteiger charge is 2.67. The Kier molecular flexibility index (Phi) is 15.8. The first kappa shape index (κ1) is 41.3. The number of carboxylic acid groups (broad SMARTS) is 2. The standard InChI is InChI=1S/C41H77N5O4/c1-30(2)11-8-12-31(3)34-13-14-35-33-16-21-41(46(38(49)50)28-18-37(47)48)29-32(15-20-40(41,5)36(33)17-19-39(34,35)4)45-27-10-26-44-24-7-6-23-43-25-9-22-42/h30-36,43-45H,6-29,42H2,1-5H3,(H,47,48)(H,49,50)/t31-,32?,33?,34-,35?,36?,39-,40-,41?/m1/s1. The van der Waals surface area contributed by atoms with Gasteiger partial charge >= 0.3 is 12.1 Å². The maximum absolute atomic E-state index is 13.1. The van der Waals surface area contributed by atoms with Crippen LogP contribution in [0.15, 0.2) is 0 Å². The predicted octanol–water partition coefficient (Wildman–Crippen LogP) is 7.34. The Morgan fingerprint density at radius 1 is 0.800 bits per heavy atom. The first-order valence-corrected chi connectivity index (χ1v) is 21.0. The van der Waals surface area contributed by atoms with E-state index in [1.54, 1.807) is 4.90 Å². The summed E-state index contributed by atoms with van der Waals surface area (Å²) in [6, 6.07) is 0.252. The molecule has 9 nitrogen and oxygen atoms in total. The van der Waals surface area contributed by atoms with Crippen LogP contribution in [-0.4, -0.2) is 84.6 Å². The first-order chi connectivity index (χ1) is 23.9. The maximum Gasteiger partial charge on any atom is 0.407 e. The van der Waals surface area contributed by atoms with Crippen molar-refractivity contribution in [3.8, 4) is 0 Å². The normalized spacial score (nSPS) is 34.2. The average molecular weight is 704 g/mol. The Balaban J connectivity index is 1.40. The topological polar surface area (TPSA) is 140 Å². The van der Waals surface area contributed by atoms with E-state index in [1.807, 2.05) is 0 Å². The molecular weight excluding hydrogens is 626 g/mol. The highest BCUT2D eigenvalue weighted by Crippen LogP contribution is 2.70. The number of nitrogens with one attached hydrogen (secondary N) is 3. The molecule has 0 spiro atoms. The number of amides is 1. The monoisotopic (exact) mass is 704 g/mol. The fourth-order valence-corrected chi connectivity index (χ4v) is 12.2. The van der Waals surface area contributed by atoms with Crippen molar-refractivity contribution in [3.63, 3.8) is 0 Å². The third-order valence-corrected chi connectivity index (χ3v) is 14.8. The number of unbranched alkanes of at least 4 members (excludes halogenated alkanes) is 1. The van der Waals surface area contributed by atoms with Crippen LogP contribution in [0.5, 0.6) is 0 Å². The van der Waals surface area contributed by atoms with Gasteiger partial charge in [-0.2, -0.15) is 0 Å². The molecular formula is C41H77N5O4. The molecule has 4 rings (SSSR count). The lowest BCUT2D eigenvalue weighted by molar-refractivity contribution is -0.173. The van der Waals surface area contributed by atoms with E-state index in [0.29, 0.717) is 17.3 Å². The SMILES string of the molecule is CC(C)CCC[C@@H](C)[C@H]1CCC2C3CCC4(N(CCC(=O)O)C(=O)O)CC(NCCCNCCCCNCCCN)CC[C@]4(C)C3CC[C@@]21C. The Labute approximate surface area is 305 Å². The summed E-state index contributed by atoms with van der Waals surface area (Å²) in [4.78, 5) is 26.5. The van der Waals surface area contributed by atoms with E-state index in [4.69, 9.17) is 5.73 Å². The number of nitrogens with zero attached hydrogens (tertiary/aromatic N) is 1. The molecule has 50 heavy (non-hydrogen) atoms. The van der Waals surface area contributed by atoms with Crippen LogP contribution >= 0.6 is 0 Å². The van der Waals surface area contributed by atoms with Crippen LogP contribution in [-0.2, 0) is 4.79 Å². The second kappa shape index (κ2) is 19.1. The molecule has 0 heterocycles. The molecule has 0 aliphatic heterocycles. The van der Waals surface area contributed by atoms with Gasteiger partial charge in [-0.3, -0.25) is 4.79 Å². The molecule has 0 aromatic heterocycles. The number of hydrogen-bond donors (Lipinski definition) is 6. The summed E-state index contributed by atoms with van der Waals surface area (Å²) in [6.07, 6.45) is 17.3. The molecule has 0 radical (unpaired) electrons. The molecule has 9 atom stereocenters. The number of aliphatic carboxylic acids is 1. The summed E-state index contributed by atoms with van der Waals surface area (Å²) in [5, 5.41) is 31.3. The minimum absolute atomic E-state index is 0.0773. The maximum atomic E-state index is 13.1. The highest BCUT2D eigenvalue weighted by atomic mass is 16.4. The minimum atomic E-state index is -0.938. The summed E-state index contributed by atoms with van der Waals surface area (Å²) >= 11 is 0. The van der Waals surface area contributed by atoms with E-state index in [2.05, 4.69) is 50.6 Å². The number of carboxylic acids is 1. The van der Waals surface area contributed by atoms with Crippen molar-refractivity contribution in [2.75, 3.05) is 45.8 Å². The molecule has 5 unspecified atom stereocenters. The molecule has 290 valence electrons. The van der Waals surface area contributed by atoms with Gasteiger partial charge in [0.25, 0.3) is 0 Å². The van der Waals surface area contributed by atoms with Gasteiger partial charge in [-0.05, 0) is 169 Å². The molecule has 0 aromatic carbocycles. The summed E-state index contributed by atoms with van der Waals surface area (Å²) in [5.41, 5.74) is 5.27. The van der Waals surface area contributed by atoms with Gasteiger partial charge in [0.2, 0.25) is 0 Å². The van der Waals surface area contributed by atoms with E-state index in [1.165, 1.54) is 51.4 Å². The third-order valence-electron chi connectivity index (χ3n) is 14.8. The van der Waals surface area contributed by atoms with Gasteiger partial charge in [0.1, 0.15) is 0 Å². The second-order valence-corrected chi connectivity index (χ2v) is 18.1. The van der Waals surface area contributed by atoms with Crippen molar-refractivity contribution in [1.82, 2.24) is 20.9 Å². The van der Waals surface area contributed by atoms with E-state index in [0.717, 1.165) is 114 Å². The Hall–Kier alpha value is -1.42. The van der Waals surface area contributed by atoms with Gasteiger partial charge in [-0.1, -0.05) is 53.9 Å². The zero-order valence-corrected chi connectivity index (χ0v) is 32.7. The van der Waals surface area contributed by atoms with Crippen LogP contribution in [0.1, 0.15) is 144 Å². The van der Waals surface area contributed by atoms with Gasteiger partial charge in [0.05, 0.1) is 12.0 Å². The third kappa shape index (κ3) is 9.57. The molecule has 4 saturated carbocycles. The summed E-state index contributed by atoms with van der Waals surface area (Å²) in [6.45, 7) is 18.0. The second-order valence-electron chi connectivity index (χ2n) is 18.1. The van der Waals surface area contributed by atoms with Crippen LogP contribution < -0.4 is 21.7 Å². The number of fused-ring (bicyclic) bond motifs is 5. The molecule has 0 aromatic rings. The largest absolute Gasteiger partial charge is 0.481 e. The van der Waals surface area contributed by atoms with Gasteiger partial charge in [-0.15, -0.1) is 0 Å². The van der Waals surface area contributed by atoms with E-state index < -0.39 is 17.6 Å². The molecule has 1 amide bonds. The van der Waals surface area contributed by atoms with Crippen LogP contribution in [0.3, 0.4) is 0 Å². The van der Waals surface area contributed by atoms with Crippen molar-refractivity contribution >= 4 is 12.1 Å².